The lowest BCUT2D eigenvalue weighted by molar-refractivity contribution is -0.275. The number of aromatic nitrogens is 1. The molecule has 1 rings (SSSR count). The summed E-state index contributed by atoms with van der Waals surface area (Å²) >= 11 is 10.3. The fourth-order valence-corrected chi connectivity index (χ4v) is 1.60. The summed E-state index contributed by atoms with van der Waals surface area (Å²) in [6, 6.07) is 0. The van der Waals surface area contributed by atoms with Gasteiger partial charge in [0.2, 0.25) is 0 Å². The van der Waals surface area contributed by atoms with Crippen LogP contribution in [0.25, 0.3) is 0 Å². The number of rotatable bonds is 4. The van der Waals surface area contributed by atoms with E-state index in [4.69, 9.17) is 23.2 Å². The number of pyridine rings is 1. The molecule has 0 radical (unpaired) electrons. The van der Waals surface area contributed by atoms with Gasteiger partial charge in [0.05, 0.1) is 5.56 Å². The predicted molar refractivity (Wildman–Crippen MR) is 55.6 cm³/mol. The highest BCUT2D eigenvalue weighted by atomic mass is 35.5. The van der Waals surface area contributed by atoms with E-state index in [1.165, 1.54) is 0 Å². The van der Waals surface area contributed by atoms with Crippen LogP contribution in [-0.4, -0.2) is 16.6 Å². The monoisotopic (exact) mass is 323 g/mol. The molecule has 1 aromatic rings. The summed E-state index contributed by atoms with van der Waals surface area (Å²) < 4.78 is 65.6. The van der Waals surface area contributed by atoms with Crippen molar-refractivity contribution in [3.63, 3.8) is 0 Å². The number of alkyl halides is 6. The summed E-state index contributed by atoms with van der Waals surface area (Å²) in [6.07, 6.45) is -7.88. The molecular formula is C9H4Cl2F5NO2. The van der Waals surface area contributed by atoms with Crippen LogP contribution in [0.3, 0.4) is 0 Å². The van der Waals surface area contributed by atoms with E-state index < -0.39 is 46.5 Å². The maximum absolute atomic E-state index is 12.8. The summed E-state index contributed by atoms with van der Waals surface area (Å²) in [5, 5.41) is -1.46. The van der Waals surface area contributed by atoms with Crippen molar-refractivity contribution in [2.75, 3.05) is 0 Å². The van der Waals surface area contributed by atoms with Gasteiger partial charge in [0.15, 0.2) is 11.4 Å². The highest BCUT2D eigenvalue weighted by Gasteiger charge is 2.37. The summed E-state index contributed by atoms with van der Waals surface area (Å²) in [5.41, 5.74) is -2.60. The fraction of sp³-hybridized carbons (Fsp3) is 0.333. The van der Waals surface area contributed by atoms with E-state index in [1.54, 1.807) is 0 Å². The zero-order valence-corrected chi connectivity index (χ0v) is 10.3. The number of halogens is 7. The summed E-state index contributed by atoms with van der Waals surface area (Å²) in [7, 11) is 0. The lowest BCUT2D eigenvalue weighted by atomic mass is 10.1. The minimum Gasteiger partial charge on any atom is -0.403 e. The van der Waals surface area contributed by atoms with Gasteiger partial charge in [-0.05, 0) is 17.2 Å². The first-order valence-electron chi connectivity index (χ1n) is 4.48. The van der Waals surface area contributed by atoms with E-state index >= 15 is 0 Å². The molecule has 106 valence electrons. The predicted octanol–water partition coefficient (Wildman–Crippen LogP) is 4.04. The molecule has 1 heterocycles. The number of ether oxygens (including phenoxy) is 1. The Kier molecular flexibility index (Phi) is 4.92. The van der Waals surface area contributed by atoms with E-state index in [0.29, 0.717) is 0 Å². The van der Waals surface area contributed by atoms with Crippen molar-refractivity contribution in [2.24, 2.45) is 0 Å². The molecule has 0 aliphatic rings. The molecule has 0 spiro atoms. The van der Waals surface area contributed by atoms with Gasteiger partial charge < -0.3 is 4.74 Å². The van der Waals surface area contributed by atoms with Crippen molar-refractivity contribution in [3.8, 4) is 5.75 Å². The second-order valence-corrected chi connectivity index (χ2v) is 3.74. The molecule has 0 unspecified atom stereocenters. The number of hydrogen-bond acceptors (Lipinski definition) is 3. The van der Waals surface area contributed by atoms with Crippen LogP contribution in [0.4, 0.5) is 22.0 Å². The Morgan fingerprint density at radius 2 is 2.00 bits per heavy atom. The lowest BCUT2D eigenvalue weighted by Crippen LogP contribution is -2.21. The van der Waals surface area contributed by atoms with Crippen molar-refractivity contribution >= 4 is 28.4 Å². The van der Waals surface area contributed by atoms with Gasteiger partial charge in [-0.3, -0.25) is 4.79 Å². The van der Waals surface area contributed by atoms with Crippen molar-refractivity contribution in [3.05, 3.63) is 23.0 Å². The van der Waals surface area contributed by atoms with Crippen molar-refractivity contribution in [1.82, 2.24) is 4.98 Å². The largest absolute Gasteiger partial charge is 0.573 e. The normalized spacial score (nSPS) is 11.8. The van der Waals surface area contributed by atoms with Gasteiger partial charge in [-0.1, -0.05) is 0 Å². The van der Waals surface area contributed by atoms with E-state index in [0.717, 1.165) is 6.20 Å². The molecule has 3 nitrogen and oxygen atoms in total. The van der Waals surface area contributed by atoms with Gasteiger partial charge >= 0.3 is 6.36 Å². The second-order valence-electron chi connectivity index (χ2n) is 3.13. The molecular weight excluding hydrogens is 320 g/mol. The van der Waals surface area contributed by atoms with Gasteiger partial charge in [-0.2, -0.15) is 0 Å². The molecule has 0 bridgehead atoms. The average molecular weight is 324 g/mol. The van der Waals surface area contributed by atoms with Gasteiger partial charge in [-0.25, -0.2) is 13.8 Å². The first-order valence-corrected chi connectivity index (χ1v) is 5.40. The van der Waals surface area contributed by atoms with Crippen LogP contribution in [0, 0.1) is 0 Å². The smallest absolute Gasteiger partial charge is 0.403 e. The van der Waals surface area contributed by atoms with Crippen LogP contribution < -0.4 is 4.74 Å². The first-order chi connectivity index (χ1) is 8.67. The zero-order chi connectivity index (χ0) is 14.8. The Labute approximate surface area is 113 Å². The molecule has 0 aliphatic carbocycles. The average Bonchev–Trinajstić information content (AvgIpc) is 2.25. The van der Waals surface area contributed by atoms with E-state index in [-0.39, 0.29) is 0 Å². The number of nitrogens with zero attached hydrogens (tertiary/aromatic N) is 1. The molecule has 0 atom stereocenters. The summed E-state index contributed by atoms with van der Waals surface area (Å²) in [4.78, 5) is 14.2. The molecule has 0 aliphatic heterocycles. The number of carbonyl (C=O) groups is 1. The SMILES string of the molecule is O=C(Cl)c1ncc(CCl)c(C(F)F)c1OC(F)(F)F. The standard InChI is InChI=1S/C9H4Cl2F5NO2/c10-1-3-2-17-5(7(11)18)6(4(3)8(12)13)19-9(14,15)16/h2,8H,1H2. The summed E-state index contributed by atoms with van der Waals surface area (Å²) in [6.45, 7) is 0. The summed E-state index contributed by atoms with van der Waals surface area (Å²) in [5.74, 6) is -1.96. The topological polar surface area (TPSA) is 39.2 Å². The van der Waals surface area contributed by atoms with Gasteiger partial charge in [-0.15, -0.1) is 24.8 Å². The van der Waals surface area contributed by atoms with Gasteiger partial charge in [0.1, 0.15) is 0 Å². The van der Waals surface area contributed by atoms with Crippen LogP contribution in [-0.2, 0) is 5.88 Å². The molecule has 10 heteroatoms. The third-order valence-corrected chi connectivity index (χ3v) is 2.39. The number of hydrogen-bond donors (Lipinski definition) is 0. The maximum Gasteiger partial charge on any atom is 0.573 e. The lowest BCUT2D eigenvalue weighted by Gasteiger charge is -2.16. The van der Waals surface area contributed by atoms with Crippen LogP contribution in [0.15, 0.2) is 6.20 Å². The zero-order valence-electron chi connectivity index (χ0n) is 8.77. The first kappa shape index (κ1) is 15.9. The van der Waals surface area contributed by atoms with Crippen LogP contribution in [0.5, 0.6) is 5.75 Å². The minimum atomic E-state index is -5.28. The van der Waals surface area contributed by atoms with Crippen LogP contribution in [0.2, 0.25) is 0 Å². The van der Waals surface area contributed by atoms with Crippen LogP contribution >= 0.6 is 23.2 Å². The number of carbonyl (C=O) groups excluding carboxylic acids is 1. The Bertz CT molecular complexity index is 492. The molecule has 19 heavy (non-hydrogen) atoms. The van der Waals surface area contributed by atoms with Crippen molar-refractivity contribution in [2.45, 2.75) is 18.7 Å². The maximum atomic E-state index is 12.8. The second kappa shape index (κ2) is 5.87. The molecule has 0 fully saturated rings. The van der Waals surface area contributed by atoms with Crippen molar-refractivity contribution < 1.29 is 31.5 Å². The molecule has 1 aromatic heterocycles. The molecule has 0 amide bonds. The molecule has 0 saturated carbocycles. The Hall–Kier alpha value is -1.15. The fourth-order valence-electron chi connectivity index (χ4n) is 1.25. The Balaban J connectivity index is 3.53. The quantitative estimate of drug-likeness (QED) is 0.477. The minimum absolute atomic E-state index is 0.391. The Morgan fingerprint density at radius 3 is 2.37 bits per heavy atom. The van der Waals surface area contributed by atoms with Crippen LogP contribution in [0.1, 0.15) is 28.0 Å². The third kappa shape index (κ3) is 3.90. The molecule has 0 aromatic carbocycles. The van der Waals surface area contributed by atoms with E-state index in [9.17, 15) is 26.7 Å². The third-order valence-electron chi connectivity index (χ3n) is 1.92. The van der Waals surface area contributed by atoms with E-state index in [1.807, 2.05) is 0 Å². The van der Waals surface area contributed by atoms with Crippen molar-refractivity contribution in [1.29, 1.82) is 0 Å². The highest BCUT2D eigenvalue weighted by Crippen LogP contribution is 2.38. The van der Waals surface area contributed by atoms with E-state index in [2.05, 4.69) is 9.72 Å². The molecule has 0 saturated heterocycles. The highest BCUT2D eigenvalue weighted by molar-refractivity contribution is 6.67. The van der Waals surface area contributed by atoms with Gasteiger partial charge in [0, 0.05) is 12.1 Å². The molecule has 0 N–H and O–H groups in total. The Morgan fingerprint density at radius 1 is 1.42 bits per heavy atom. The van der Waals surface area contributed by atoms with Gasteiger partial charge in [0.25, 0.3) is 11.7 Å².